The Morgan fingerprint density at radius 3 is 2.88 bits per heavy atom. The summed E-state index contributed by atoms with van der Waals surface area (Å²) in [6.45, 7) is 3.24. The summed E-state index contributed by atoms with van der Waals surface area (Å²) in [5, 5.41) is 0. The quantitative estimate of drug-likeness (QED) is 0.758. The van der Waals surface area contributed by atoms with E-state index in [0.717, 1.165) is 17.1 Å². The van der Waals surface area contributed by atoms with Crippen LogP contribution in [0.2, 0.25) is 0 Å². The van der Waals surface area contributed by atoms with Crippen molar-refractivity contribution in [2.24, 2.45) is 0 Å². The molecule has 4 nitrogen and oxygen atoms in total. The number of carbonyl (C=O) groups is 1. The van der Waals surface area contributed by atoms with Gasteiger partial charge < -0.3 is 14.4 Å². The maximum Gasteiger partial charge on any atom is 0.219 e. The van der Waals surface area contributed by atoms with Gasteiger partial charge in [0.2, 0.25) is 5.91 Å². The van der Waals surface area contributed by atoms with E-state index in [2.05, 4.69) is 0 Å². The second-order valence-electron chi connectivity index (χ2n) is 3.82. The molecule has 0 radical (unpaired) electrons. The summed E-state index contributed by atoms with van der Waals surface area (Å²) >= 11 is 0. The standard InChI is InChI=1S/C12H15NO3/c1-9(14)13(2)8-10-4-3-5-11-12(10)16-7-6-15-11/h3-5H,6-8H2,1-2H3. The van der Waals surface area contributed by atoms with Crippen LogP contribution < -0.4 is 9.47 Å². The van der Waals surface area contributed by atoms with Gasteiger partial charge in [-0.3, -0.25) is 4.79 Å². The van der Waals surface area contributed by atoms with Crippen molar-refractivity contribution in [1.29, 1.82) is 0 Å². The van der Waals surface area contributed by atoms with Crippen molar-refractivity contribution >= 4 is 5.91 Å². The molecule has 0 fully saturated rings. The van der Waals surface area contributed by atoms with E-state index in [-0.39, 0.29) is 5.91 Å². The number of amides is 1. The van der Waals surface area contributed by atoms with Crippen LogP contribution in [0.3, 0.4) is 0 Å². The molecule has 0 aromatic heterocycles. The van der Waals surface area contributed by atoms with Crippen LogP contribution in [-0.2, 0) is 11.3 Å². The highest BCUT2D eigenvalue weighted by Gasteiger charge is 2.16. The summed E-state index contributed by atoms with van der Waals surface area (Å²) in [5.41, 5.74) is 0.981. The summed E-state index contributed by atoms with van der Waals surface area (Å²) in [4.78, 5) is 12.8. The molecule has 0 bridgehead atoms. The van der Waals surface area contributed by atoms with Gasteiger partial charge in [-0.1, -0.05) is 12.1 Å². The molecule has 86 valence electrons. The van der Waals surface area contributed by atoms with Gasteiger partial charge in [0.15, 0.2) is 11.5 Å². The third-order valence-corrected chi connectivity index (χ3v) is 2.59. The SMILES string of the molecule is CC(=O)N(C)Cc1cccc2c1OCCO2. The number of para-hydroxylation sites is 1. The van der Waals surface area contributed by atoms with E-state index in [4.69, 9.17) is 9.47 Å². The lowest BCUT2D eigenvalue weighted by atomic mass is 10.1. The Morgan fingerprint density at radius 2 is 2.12 bits per heavy atom. The van der Waals surface area contributed by atoms with Crippen molar-refractivity contribution in [3.63, 3.8) is 0 Å². The average Bonchev–Trinajstić information content (AvgIpc) is 2.29. The molecule has 4 heteroatoms. The number of hydrogen-bond acceptors (Lipinski definition) is 3. The summed E-state index contributed by atoms with van der Waals surface area (Å²) in [7, 11) is 1.77. The van der Waals surface area contributed by atoms with E-state index in [1.807, 2.05) is 18.2 Å². The zero-order valence-corrected chi connectivity index (χ0v) is 9.53. The van der Waals surface area contributed by atoms with Crippen molar-refractivity contribution in [3.05, 3.63) is 23.8 Å². The van der Waals surface area contributed by atoms with E-state index in [0.29, 0.717) is 19.8 Å². The fourth-order valence-electron chi connectivity index (χ4n) is 1.63. The molecule has 1 aliphatic heterocycles. The lowest BCUT2D eigenvalue weighted by Gasteiger charge is -2.23. The number of hydrogen-bond donors (Lipinski definition) is 0. The molecule has 0 atom stereocenters. The van der Waals surface area contributed by atoms with Crippen LogP contribution in [0, 0.1) is 0 Å². The molecule has 16 heavy (non-hydrogen) atoms. The first-order valence-corrected chi connectivity index (χ1v) is 5.27. The smallest absolute Gasteiger partial charge is 0.219 e. The van der Waals surface area contributed by atoms with Crippen LogP contribution in [-0.4, -0.2) is 31.1 Å². The first kappa shape index (κ1) is 10.8. The molecule has 1 amide bonds. The fourth-order valence-corrected chi connectivity index (χ4v) is 1.63. The topological polar surface area (TPSA) is 38.8 Å². The molecule has 1 aliphatic rings. The van der Waals surface area contributed by atoms with Gasteiger partial charge in [-0.25, -0.2) is 0 Å². The maximum atomic E-state index is 11.2. The monoisotopic (exact) mass is 221 g/mol. The van der Waals surface area contributed by atoms with Crippen LogP contribution in [0.5, 0.6) is 11.5 Å². The Balaban J connectivity index is 2.24. The highest BCUT2D eigenvalue weighted by molar-refractivity contribution is 5.73. The third kappa shape index (κ3) is 2.10. The number of carbonyl (C=O) groups excluding carboxylic acids is 1. The third-order valence-electron chi connectivity index (χ3n) is 2.59. The second kappa shape index (κ2) is 4.43. The van der Waals surface area contributed by atoms with Crippen LogP contribution in [0.4, 0.5) is 0 Å². The molecule has 0 saturated heterocycles. The average molecular weight is 221 g/mol. The zero-order valence-electron chi connectivity index (χ0n) is 9.53. The molecule has 0 aliphatic carbocycles. The van der Waals surface area contributed by atoms with Gasteiger partial charge in [0.25, 0.3) is 0 Å². The van der Waals surface area contributed by atoms with Crippen LogP contribution in [0.25, 0.3) is 0 Å². The Kier molecular flexibility index (Phi) is 2.99. The Morgan fingerprint density at radius 1 is 1.38 bits per heavy atom. The van der Waals surface area contributed by atoms with E-state index in [9.17, 15) is 4.79 Å². The molecule has 2 rings (SSSR count). The second-order valence-corrected chi connectivity index (χ2v) is 3.82. The maximum absolute atomic E-state index is 11.2. The summed E-state index contributed by atoms with van der Waals surface area (Å²) in [6, 6.07) is 5.75. The van der Waals surface area contributed by atoms with Gasteiger partial charge in [-0.15, -0.1) is 0 Å². The Hall–Kier alpha value is -1.71. The van der Waals surface area contributed by atoms with Crippen molar-refractivity contribution in [2.45, 2.75) is 13.5 Å². The molecule has 1 aromatic rings. The molecule has 1 heterocycles. The van der Waals surface area contributed by atoms with Gasteiger partial charge in [0.1, 0.15) is 13.2 Å². The van der Waals surface area contributed by atoms with Gasteiger partial charge in [-0.05, 0) is 6.07 Å². The van der Waals surface area contributed by atoms with Gasteiger partial charge in [0.05, 0.1) is 0 Å². The number of rotatable bonds is 2. The predicted octanol–water partition coefficient (Wildman–Crippen LogP) is 1.44. The summed E-state index contributed by atoms with van der Waals surface area (Å²) in [5.74, 6) is 1.57. The number of nitrogens with zero attached hydrogens (tertiary/aromatic N) is 1. The van der Waals surface area contributed by atoms with E-state index in [1.165, 1.54) is 0 Å². The van der Waals surface area contributed by atoms with E-state index < -0.39 is 0 Å². The number of benzene rings is 1. The van der Waals surface area contributed by atoms with Gasteiger partial charge in [-0.2, -0.15) is 0 Å². The summed E-state index contributed by atoms with van der Waals surface area (Å²) in [6.07, 6.45) is 0. The van der Waals surface area contributed by atoms with Crippen molar-refractivity contribution in [2.75, 3.05) is 20.3 Å². The number of ether oxygens (including phenoxy) is 2. The fraction of sp³-hybridized carbons (Fsp3) is 0.417. The van der Waals surface area contributed by atoms with Crippen LogP contribution >= 0.6 is 0 Å². The van der Waals surface area contributed by atoms with E-state index in [1.54, 1.807) is 18.9 Å². The summed E-state index contributed by atoms with van der Waals surface area (Å²) < 4.78 is 11.0. The molecule has 0 spiro atoms. The van der Waals surface area contributed by atoms with Crippen molar-refractivity contribution in [3.8, 4) is 11.5 Å². The van der Waals surface area contributed by atoms with Gasteiger partial charge >= 0.3 is 0 Å². The molecule has 0 N–H and O–H groups in total. The Labute approximate surface area is 94.8 Å². The van der Waals surface area contributed by atoms with E-state index >= 15 is 0 Å². The lowest BCUT2D eigenvalue weighted by Crippen LogP contribution is -2.24. The zero-order chi connectivity index (χ0) is 11.5. The molecular formula is C12H15NO3. The predicted molar refractivity (Wildman–Crippen MR) is 59.6 cm³/mol. The minimum atomic E-state index is 0.0364. The van der Waals surface area contributed by atoms with Crippen molar-refractivity contribution in [1.82, 2.24) is 4.90 Å². The minimum absolute atomic E-state index is 0.0364. The molecule has 1 aromatic carbocycles. The minimum Gasteiger partial charge on any atom is -0.486 e. The highest BCUT2D eigenvalue weighted by atomic mass is 16.6. The largest absolute Gasteiger partial charge is 0.486 e. The van der Waals surface area contributed by atoms with Crippen molar-refractivity contribution < 1.29 is 14.3 Å². The highest BCUT2D eigenvalue weighted by Crippen LogP contribution is 2.34. The molecule has 0 saturated carbocycles. The first-order valence-electron chi connectivity index (χ1n) is 5.27. The molecule has 0 unspecified atom stereocenters. The van der Waals surface area contributed by atoms with Crippen LogP contribution in [0.1, 0.15) is 12.5 Å². The van der Waals surface area contributed by atoms with Crippen LogP contribution in [0.15, 0.2) is 18.2 Å². The molecular weight excluding hydrogens is 206 g/mol. The Bertz CT molecular complexity index is 403. The first-order chi connectivity index (χ1) is 7.68. The number of fused-ring (bicyclic) bond motifs is 1. The lowest BCUT2D eigenvalue weighted by molar-refractivity contribution is -0.128. The van der Waals surface area contributed by atoms with Gasteiger partial charge in [0, 0.05) is 26.1 Å². The normalized spacial score (nSPS) is 13.4.